The number of fused-ring (bicyclic) bond motifs is 2. The molecule has 28 heavy (non-hydrogen) atoms. The molecule has 0 bridgehead atoms. The highest BCUT2D eigenvalue weighted by molar-refractivity contribution is 6.16. The van der Waals surface area contributed by atoms with E-state index in [1.165, 1.54) is 14.2 Å². The molecule has 1 N–H and O–H groups in total. The topological polar surface area (TPSA) is 94.6 Å². The van der Waals surface area contributed by atoms with Gasteiger partial charge in [-0.3, -0.25) is 9.59 Å². The lowest BCUT2D eigenvalue weighted by Crippen LogP contribution is -2.42. The van der Waals surface area contributed by atoms with E-state index in [-0.39, 0.29) is 12.8 Å². The van der Waals surface area contributed by atoms with Gasteiger partial charge in [-0.15, -0.1) is 0 Å². The number of nitrogens with zero attached hydrogens (tertiary/aromatic N) is 1. The van der Waals surface area contributed by atoms with E-state index in [1.807, 2.05) is 48.5 Å². The number of carbonyl (C=O) groups excluding carboxylic acids is 3. The second kappa shape index (κ2) is 8.47. The predicted molar refractivity (Wildman–Crippen MR) is 104 cm³/mol. The van der Waals surface area contributed by atoms with E-state index in [2.05, 4.69) is 15.0 Å². The summed E-state index contributed by atoms with van der Waals surface area (Å²) in [7, 11) is 2.50. The summed E-state index contributed by atoms with van der Waals surface area (Å²) in [6.07, 6.45) is 0.0560. The molecule has 1 atom stereocenters. The lowest BCUT2D eigenvalue weighted by atomic mass is 10.0. The van der Waals surface area contributed by atoms with Crippen molar-refractivity contribution in [2.45, 2.75) is 18.9 Å². The minimum absolute atomic E-state index is 0.0195. The summed E-state index contributed by atoms with van der Waals surface area (Å²) in [5.74, 6) is -1.53. The van der Waals surface area contributed by atoms with Crippen molar-refractivity contribution < 1.29 is 23.9 Å². The Balaban J connectivity index is 2.00. The van der Waals surface area contributed by atoms with Gasteiger partial charge in [0.25, 0.3) is 5.91 Å². The van der Waals surface area contributed by atoms with Crippen LogP contribution >= 0.6 is 0 Å². The van der Waals surface area contributed by atoms with Crippen LogP contribution in [-0.2, 0) is 19.1 Å². The minimum Gasteiger partial charge on any atom is -0.469 e. The van der Waals surface area contributed by atoms with Crippen LogP contribution in [0.4, 0.5) is 0 Å². The number of nitrogens with one attached hydrogen (secondary N) is 1. The van der Waals surface area contributed by atoms with Crippen LogP contribution in [0.3, 0.4) is 0 Å². The fraction of sp³-hybridized carbons (Fsp3) is 0.238. The molecule has 7 nitrogen and oxygen atoms in total. The predicted octanol–water partition coefficient (Wildman–Crippen LogP) is 2.61. The molecular weight excluding hydrogens is 360 g/mol. The lowest BCUT2D eigenvalue weighted by molar-refractivity contribution is -0.144. The molecule has 0 radical (unpaired) electrons. The average Bonchev–Trinajstić information content (AvgIpc) is 2.73. The van der Waals surface area contributed by atoms with Gasteiger partial charge >= 0.3 is 11.9 Å². The molecule has 0 spiro atoms. The van der Waals surface area contributed by atoms with Crippen LogP contribution in [0.1, 0.15) is 23.2 Å². The van der Waals surface area contributed by atoms with Crippen molar-refractivity contribution in [3.05, 3.63) is 54.1 Å². The summed E-state index contributed by atoms with van der Waals surface area (Å²) in [6.45, 7) is 0. The number of methoxy groups -OCH3 is 2. The molecule has 3 rings (SSSR count). The van der Waals surface area contributed by atoms with Crippen molar-refractivity contribution in [1.29, 1.82) is 0 Å². The normalized spacial score (nSPS) is 11.8. The Morgan fingerprint density at radius 3 is 2.04 bits per heavy atom. The van der Waals surface area contributed by atoms with E-state index in [0.29, 0.717) is 27.4 Å². The first-order valence-electron chi connectivity index (χ1n) is 8.78. The zero-order valence-corrected chi connectivity index (χ0v) is 15.6. The number of amides is 1. The summed E-state index contributed by atoms with van der Waals surface area (Å²) in [4.78, 5) is 41.3. The summed E-state index contributed by atoms with van der Waals surface area (Å²) in [5.41, 5.74) is 1.78. The number of para-hydroxylation sites is 2. The molecule has 7 heteroatoms. The first kappa shape index (κ1) is 19.3. The monoisotopic (exact) mass is 380 g/mol. The van der Waals surface area contributed by atoms with E-state index in [1.54, 1.807) is 0 Å². The number of pyridine rings is 1. The molecule has 2 aromatic carbocycles. The standard InChI is InChI=1S/C21H20N2O5/c1-27-18(24)12-11-17(21(26)28-2)23-20(25)19-13-7-3-5-9-15(13)22-16-10-6-4-8-14(16)19/h3-10,17H,11-12H2,1-2H3,(H,23,25)/t17-/m1/s1. The second-order valence-corrected chi connectivity index (χ2v) is 6.19. The molecule has 0 aliphatic rings. The highest BCUT2D eigenvalue weighted by Crippen LogP contribution is 2.26. The van der Waals surface area contributed by atoms with Crippen molar-refractivity contribution in [2.75, 3.05) is 14.2 Å². The third-order valence-corrected chi connectivity index (χ3v) is 4.47. The number of ether oxygens (including phenoxy) is 2. The maximum atomic E-state index is 13.2. The quantitative estimate of drug-likeness (QED) is 0.522. The number of esters is 2. The van der Waals surface area contributed by atoms with Crippen molar-refractivity contribution >= 4 is 39.7 Å². The zero-order valence-electron chi connectivity index (χ0n) is 15.6. The van der Waals surface area contributed by atoms with Gasteiger partial charge in [0, 0.05) is 17.2 Å². The van der Waals surface area contributed by atoms with Gasteiger partial charge in [-0.2, -0.15) is 0 Å². The van der Waals surface area contributed by atoms with Gasteiger partial charge in [0.15, 0.2) is 0 Å². The highest BCUT2D eigenvalue weighted by atomic mass is 16.5. The maximum absolute atomic E-state index is 13.2. The minimum atomic E-state index is -0.970. The number of aromatic nitrogens is 1. The molecular formula is C21H20N2O5. The molecule has 0 aliphatic heterocycles. The summed E-state index contributed by atoms with van der Waals surface area (Å²) < 4.78 is 9.38. The molecule has 144 valence electrons. The Morgan fingerprint density at radius 1 is 0.929 bits per heavy atom. The van der Waals surface area contributed by atoms with E-state index < -0.39 is 23.9 Å². The van der Waals surface area contributed by atoms with Crippen LogP contribution in [0.15, 0.2) is 48.5 Å². The first-order chi connectivity index (χ1) is 13.5. The second-order valence-electron chi connectivity index (χ2n) is 6.19. The molecule has 0 saturated heterocycles. The van der Waals surface area contributed by atoms with Gasteiger partial charge in [0.1, 0.15) is 6.04 Å². The van der Waals surface area contributed by atoms with E-state index in [4.69, 9.17) is 4.74 Å². The van der Waals surface area contributed by atoms with Crippen molar-refractivity contribution in [3.63, 3.8) is 0 Å². The fourth-order valence-corrected chi connectivity index (χ4v) is 3.07. The van der Waals surface area contributed by atoms with Gasteiger partial charge in [0.2, 0.25) is 0 Å². The molecule has 0 saturated carbocycles. The van der Waals surface area contributed by atoms with Crippen LogP contribution in [-0.4, -0.2) is 43.1 Å². The summed E-state index contributed by atoms with van der Waals surface area (Å²) in [6, 6.07) is 13.6. The number of rotatable bonds is 6. The van der Waals surface area contributed by atoms with Crippen molar-refractivity contribution in [3.8, 4) is 0 Å². The Labute approximate surface area is 161 Å². The highest BCUT2D eigenvalue weighted by Gasteiger charge is 2.25. The van der Waals surface area contributed by atoms with Gasteiger partial charge in [0.05, 0.1) is 30.8 Å². The average molecular weight is 380 g/mol. The van der Waals surface area contributed by atoms with Crippen LogP contribution in [0, 0.1) is 0 Å². The number of hydrogen-bond donors (Lipinski definition) is 1. The Bertz CT molecular complexity index is 993. The summed E-state index contributed by atoms with van der Waals surface area (Å²) in [5, 5.41) is 4.05. The van der Waals surface area contributed by atoms with E-state index >= 15 is 0 Å². The Morgan fingerprint density at radius 2 is 1.50 bits per heavy atom. The van der Waals surface area contributed by atoms with Gasteiger partial charge in [-0.05, 0) is 18.6 Å². The van der Waals surface area contributed by atoms with E-state index in [0.717, 1.165) is 0 Å². The van der Waals surface area contributed by atoms with Gasteiger partial charge in [-0.25, -0.2) is 9.78 Å². The maximum Gasteiger partial charge on any atom is 0.328 e. The number of hydrogen-bond acceptors (Lipinski definition) is 6. The first-order valence-corrected chi connectivity index (χ1v) is 8.78. The molecule has 0 unspecified atom stereocenters. The Kier molecular flexibility index (Phi) is 5.84. The van der Waals surface area contributed by atoms with Crippen LogP contribution in [0.2, 0.25) is 0 Å². The van der Waals surface area contributed by atoms with Gasteiger partial charge in [-0.1, -0.05) is 36.4 Å². The van der Waals surface area contributed by atoms with Crippen LogP contribution in [0.25, 0.3) is 21.8 Å². The fourth-order valence-electron chi connectivity index (χ4n) is 3.07. The molecule has 0 aliphatic carbocycles. The largest absolute Gasteiger partial charge is 0.469 e. The molecule has 1 amide bonds. The SMILES string of the molecule is COC(=O)CC[C@@H](NC(=O)c1c2ccccc2nc2ccccc12)C(=O)OC. The van der Waals surface area contributed by atoms with Crippen LogP contribution in [0.5, 0.6) is 0 Å². The third kappa shape index (κ3) is 3.93. The van der Waals surface area contributed by atoms with Gasteiger partial charge < -0.3 is 14.8 Å². The Hall–Kier alpha value is -3.48. The summed E-state index contributed by atoms with van der Waals surface area (Å²) >= 11 is 0. The number of benzene rings is 2. The third-order valence-electron chi connectivity index (χ3n) is 4.47. The smallest absolute Gasteiger partial charge is 0.328 e. The van der Waals surface area contributed by atoms with E-state index in [9.17, 15) is 14.4 Å². The van der Waals surface area contributed by atoms with Crippen LogP contribution < -0.4 is 5.32 Å². The molecule has 3 aromatic rings. The molecule has 1 aromatic heterocycles. The van der Waals surface area contributed by atoms with Crippen molar-refractivity contribution in [2.24, 2.45) is 0 Å². The van der Waals surface area contributed by atoms with Crippen molar-refractivity contribution in [1.82, 2.24) is 10.3 Å². The lowest BCUT2D eigenvalue weighted by Gasteiger charge is -2.17. The zero-order chi connectivity index (χ0) is 20.1. The number of carbonyl (C=O) groups is 3. The molecule has 1 heterocycles. The molecule has 0 fully saturated rings.